The predicted molar refractivity (Wildman–Crippen MR) is 56.4 cm³/mol. The van der Waals surface area contributed by atoms with Crippen LogP contribution in [0.15, 0.2) is 42.9 Å². The van der Waals surface area contributed by atoms with Crippen LogP contribution in [0.25, 0.3) is 0 Å². The summed E-state index contributed by atoms with van der Waals surface area (Å²) in [4.78, 5) is 19.2. The van der Waals surface area contributed by atoms with Gasteiger partial charge in [0, 0.05) is 18.1 Å². The lowest BCUT2D eigenvalue weighted by Gasteiger charge is -2.03. The van der Waals surface area contributed by atoms with Crippen molar-refractivity contribution in [3.8, 4) is 0 Å². The molecule has 0 saturated heterocycles. The molecular formula is C11H8FN3O. The lowest BCUT2D eigenvalue weighted by molar-refractivity contribution is 0.102. The molecule has 1 heterocycles. The maximum atomic E-state index is 12.6. The third-order valence-corrected chi connectivity index (χ3v) is 1.90. The summed E-state index contributed by atoms with van der Waals surface area (Å²) < 4.78 is 12.6. The van der Waals surface area contributed by atoms with Crippen LogP contribution in [0.4, 0.5) is 10.1 Å². The quantitative estimate of drug-likeness (QED) is 0.835. The van der Waals surface area contributed by atoms with Crippen molar-refractivity contribution in [1.29, 1.82) is 0 Å². The molecule has 5 heteroatoms. The second kappa shape index (κ2) is 4.48. The number of carbonyl (C=O) groups is 1. The van der Waals surface area contributed by atoms with Crippen molar-refractivity contribution < 1.29 is 9.18 Å². The monoisotopic (exact) mass is 217 g/mol. The fourth-order valence-electron chi connectivity index (χ4n) is 1.14. The molecule has 0 saturated carbocycles. The summed E-state index contributed by atoms with van der Waals surface area (Å²) in [5.41, 5.74) is 0.726. The molecule has 0 radical (unpaired) electrons. The molecule has 4 nitrogen and oxygen atoms in total. The second-order valence-electron chi connectivity index (χ2n) is 3.05. The van der Waals surface area contributed by atoms with Crippen molar-refractivity contribution in [2.24, 2.45) is 0 Å². The highest BCUT2D eigenvalue weighted by Crippen LogP contribution is 2.09. The Balaban J connectivity index is 2.11. The van der Waals surface area contributed by atoms with E-state index in [1.165, 1.54) is 42.9 Å². The van der Waals surface area contributed by atoms with E-state index in [0.29, 0.717) is 5.69 Å². The number of anilines is 1. The molecule has 0 unspecified atom stereocenters. The van der Waals surface area contributed by atoms with E-state index in [1.807, 2.05) is 0 Å². The summed E-state index contributed by atoms with van der Waals surface area (Å²) in [6.07, 6.45) is 4.27. The van der Waals surface area contributed by atoms with Gasteiger partial charge in [-0.3, -0.25) is 9.78 Å². The van der Waals surface area contributed by atoms with Gasteiger partial charge in [-0.2, -0.15) is 0 Å². The third-order valence-electron chi connectivity index (χ3n) is 1.90. The number of halogens is 1. The number of carbonyl (C=O) groups excluding carboxylic acids is 1. The average molecular weight is 217 g/mol. The SMILES string of the molecule is O=C(Nc1ccc(F)cc1)c1cnccn1. The Labute approximate surface area is 91.2 Å². The molecule has 0 spiro atoms. The van der Waals surface area contributed by atoms with Gasteiger partial charge in [0.05, 0.1) is 6.20 Å². The van der Waals surface area contributed by atoms with E-state index in [4.69, 9.17) is 0 Å². The number of amides is 1. The van der Waals surface area contributed by atoms with E-state index in [-0.39, 0.29) is 17.4 Å². The van der Waals surface area contributed by atoms with Gasteiger partial charge in [-0.25, -0.2) is 9.37 Å². The molecule has 2 rings (SSSR count). The lowest BCUT2D eigenvalue weighted by atomic mass is 10.3. The van der Waals surface area contributed by atoms with Crippen molar-refractivity contribution in [3.63, 3.8) is 0 Å². The Kier molecular flexibility index (Phi) is 2.86. The highest BCUT2D eigenvalue weighted by atomic mass is 19.1. The van der Waals surface area contributed by atoms with E-state index in [0.717, 1.165) is 0 Å². The first-order chi connectivity index (χ1) is 7.75. The van der Waals surface area contributed by atoms with Crippen LogP contribution in [0.3, 0.4) is 0 Å². The summed E-state index contributed by atoms with van der Waals surface area (Å²) in [6.45, 7) is 0. The Morgan fingerprint density at radius 1 is 1.19 bits per heavy atom. The van der Waals surface area contributed by atoms with Gasteiger partial charge in [-0.05, 0) is 24.3 Å². The minimum absolute atomic E-state index is 0.215. The molecule has 0 bridgehead atoms. The van der Waals surface area contributed by atoms with Crippen molar-refractivity contribution in [1.82, 2.24) is 9.97 Å². The number of nitrogens with one attached hydrogen (secondary N) is 1. The molecule has 1 aromatic heterocycles. The van der Waals surface area contributed by atoms with Crippen LogP contribution in [0.1, 0.15) is 10.5 Å². The number of nitrogens with zero attached hydrogens (tertiary/aromatic N) is 2. The summed E-state index contributed by atoms with van der Waals surface area (Å²) in [6, 6.07) is 5.49. The van der Waals surface area contributed by atoms with Gasteiger partial charge in [0.2, 0.25) is 0 Å². The second-order valence-corrected chi connectivity index (χ2v) is 3.05. The molecule has 0 atom stereocenters. The summed E-state index contributed by atoms with van der Waals surface area (Å²) in [7, 11) is 0. The average Bonchev–Trinajstić information content (AvgIpc) is 2.33. The molecule has 2 aromatic rings. The van der Waals surface area contributed by atoms with Crippen LogP contribution < -0.4 is 5.32 Å². The van der Waals surface area contributed by atoms with E-state index >= 15 is 0 Å². The number of benzene rings is 1. The smallest absolute Gasteiger partial charge is 0.275 e. The molecule has 1 amide bonds. The molecule has 16 heavy (non-hydrogen) atoms. The predicted octanol–water partition coefficient (Wildman–Crippen LogP) is 1.87. The van der Waals surface area contributed by atoms with Crippen molar-refractivity contribution in [2.45, 2.75) is 0 Å². The zero-order valence-electron chi connectivity index (χ0n) is 8.22. The Bertz CT molecular complexity index is 484. The molecule has 1 N–H and O–H groups in total. The number of rotatable bonds is 2. The highest BCUT2D eigenvalue weighted by Gasteiger charge is 2.06. The van der Waals surface area contributed by atoms with E-state index < -0.39 is 0 Å². The highest BCUT2D eigenvalue weighted by molar-refractivity contribution is 6.02. The number of hydrogen-bond acceptors (Lipinski definition) is 3. The molecule has 0 aliphatic rings. The largest absolute Gasteiger partial charge is 0.321 e. The molecule has 0 fully saturated rings. The molecule has 1 aromatic carbocycles. The molecule has 0 aliphatic heterocycles. The van der Waals surface area contributed by atoms with Crippen LogP contribution in [0, 0.1) is 5.82 Å². The maximum Gasteiger partial charge on any atom is 0.275 e. The van der Waals surface area contributed by atoms with Crippen LogP contribution in [-0.4, -0.2) is 15.9 Å². The van der Waals surface area contributed by atoms with Gasteiger partial charge in [-0.15, -0.1) is 0 Å². The lowest BCUT2D eigenvalue weighted by Crippen LogP contribution is -2.13. The van der Waals surface area contributed by atoms with E-state index in [2.05, 4.69) is 15.3 Å². The van der Waals surface area contributed by atoms with Crippen molar-refractivity contribution in [2.75, 3.05) is 5.32 Å². The Hall–Kier alpha value is -2.30. The van der Waals surface area contributed by atoms with Crippen LogP contribution >= 0.6 is 0 Å². The fourth-order valence-corrected chi connectivity index (χ4v) is 1.14. The van der Waals surface area contributed by atoms with Crippen molar-refractivity contribution in [3.05, 3.63) is 54.4 Å². The summed E-state index contributed by atoms with van der Waals surface area (Å²) >= 11 is 0. The maximum absolute atomic E-state index is 12.6. The van der Waals surface area contributed by atoms with Gasteiger partial charge >= 0.3 is 0 Å². The Morgan fingerprint density at radius 3 is 2.56 bits per heavy atom. The van der Waals surface area contributed by atoms with Gasteiger partial charge < -0.3 is 5.32 Å². The minimum atomic E-state index is -0.375. The van der Waals surface area contributed by atoms with Gasteiger partial charge in [0.25, 0.3) is 5.91 Å². The van der Waals surface area contributed by atoms with E-state index in [9.17, 15) is 9.18 Å². The van der Waals surface area contributed by atoms with Gasteiger partial charge in [0.1, 0.15) is 11.5 Å². The first-order valence-corrected chi connectivity index (χ1v) is 4.58. The normalized spacial score (nSPS) is 9.81. The summed E-state index contributed by atoms with van der Waals surface area (Å²) in [5.74, 6) is -0.725. The standard InChI is InChI=1S/C11H8FN3O/c12-8-1-3-9(4-2-8)15-11(16)10-7-13-5-6-14-10/h1-7H,(H,15,16). The fraction of sp³-hybridized carbons (Fsp3) is 0. The summed E-state index contributed by atoms with van der Waals surface area (Å²) in [5, 5.41) is 2.58. The zero-order chi connectivity index (χ0) is 11.4. The van der Waals surface area contributed by atoms with Gasteiger partial charge in [-0.1, -0.05) is 0 Å². The van der Waals surface area contributed by atoms with Crippen LogP contribution in [-0.2, 0) is 0 Å². The molecular weight excluding hydrogens is 209 g/mol. The van der Waals surface area contributed by atoms with Crippen molar-refractivity contribution >= 4 is 11.6 Å². The first kappa shape index (κ1) is 10.2. The van der Waals surface area contributed by atoms with Gasteiger partial charge in [0.15, 0.2) is 0 Å². The first-order valence-electron chi connectivity index (χ1n) is 4.58. The molecule has 0 aliphatic carbocycles. The molecule has 80 valence electrons. The van der Waals surface area contributed by atoms with Crippen LogP contribution in [0.5, 0.6) is 0 Å². The minimum Gasteiger partial charge on any atom is -0.321 e. The topological polar surface area (TPSA) is 54.9 Å². The van der Waals surface area contributed by atoms with E-state index in [1.54, 1.807) is 0 Å². The van der Waals surface area contributed by atoms with Crippen LogP contribution in [0.2, 0.25) is 0 Å². The Morgan fingerprint density at radius 2 is 1.94 bits per heavy atom. The number of hydrogen-bond donors (Lipinski definition) is 1. The third kappa shape index (κ3) is 2.38. The number of aromatic nitrogens is 2. The zero-order valence-corrected chi connectivity index (χ0v) is 8.22.